The van der Waals surface area contributed by atoms with E-state index in [-0.39, 0.29) is 23.8 Å². The molecule has 7 nitrogen and oxygen atoms in total. The summed E-state index contributed by atoms with van der Waals surface area (Å²) < 4.78 is 5.45. The van der Waals surface area contributed by atoms with Crippen molar-refractivity contribution < 1.29 is 19.1 Å². The molecule has 0 unspecified atom stereocenters. The zero-order chi connectivity index (χ0) is 21.0. The molecule has 0 saturated carbocycles. The standard InChI is InChI=1S/C22H31N3O4/c1-22(2,3)29-21(28)25-11-7-10-18(16-25)20(27)24-14-12-23(13-15-24)19(26)17-8-5-4-6-9-17/h4-6,8-9,18H,7,10-16H2,1-3H3/t18-/m1/s1. The molecule has 2 aliphatic rings. The Hall–Kier alpha value is -2.57. The van der Waals surface area contributed by atoms with Crippen molar-refractivity contribution in [1.82, 2.24) is 14.7 Å². The fraction of sp³-hybridized carbons (Fsp3) is 0.591. The highest BCUT2D eigenvalue weighted by Crippen LogP contribution is 2.22. The quantitative estimate of drug-likeness (QED) is 0.764. The van der Waals surface area contributed by atoms with Crippen LogP contribution in [0.3, 0.4) is 0 Å². The Morgan fingerprint density at radius 2 is 1.52 bits per heavy atom. The Bertz CT molecular complexity index is 736. The molecule has 3 rings (SSSR count). The molecule has 0 N–H and O–H groups in total. The van der Waals surface area contributed by atoms with Gasteiger partial charge in [0.05, 0.1) is 5.92 Å². The summed E-state index contributed by atoms with van der Waals surface area (Å²) in [5.41, 5.74) is 0.128. The van der Waals surface area contributed by atoms with Crippen LogP contribution in [0.25, 0.3) is 0 Å². The summed E-state index contributed by atoms with van der Waals surface area (Å²) in [6, 6.07) is 9.22. The van der Waals surface area contributed by atoms with Crippen molar-refractivity contribution in [3.05, 3.63) is 35.9 Å². The Balaban J connectivity index is 1.52. The van der Waals surface area contributed by atoms with E-state index in [0.717, 1.165) is 12.8 Å². The van der Waals surface area contributed by atoms with E-state index in [2.05, 4.69) is 0 Å². The van der Waals surface area contributed by atoms with Crippen molar-refractivity contribution in [3.63, 3.8) is 0 Å². The number of likely N-dealkylation sites (tertiary alicyclic amines) is 1. The van der Waals surface area contributed by atoms with Gasteiger partial charge in [-0.1, -0.05) is 18.2 Å². The number of piperidine rings is 1. The second-order valence-electron chi connectivity index (χ2n) is 8.75. The molecule has 29 heavy (non-hydrogen) atoms. The monoisotopic (exact) mass is 401 g/mol. The van der Waals surface area contributed by atoms with Crippen molar-refractivity contribution in [2.75, 3.05) is 39.3 Å². The zero-order valence-electron chi connectivity index (χ0n) is 17.6. The van der Waals surface area contributed by atoms with Crippen LogP contribution in [0.15, 0.2) is 30.3 Å². The second-order valence-corrected chi connectivity index (χ2v) is 8.75. The average Bonchev–Trinajstić information content (AvgIpc) is 2.72. The molecule has 2 heterocycles. The number of benzene rings is 1. The minimum absolute atomic E-state index is 0.00599. The van der Waals surface area contributed by atoms with Gasteiger partial charge >= 0.3 is 6.09 Å². The first kappa shape index (κ1) is 21.1. The molecule has 0 spiro atoms. The fourth-order valence-corrected chi connectivity index (χ4v) is 3.82. The van der Waals surface area contributed by atoms with E-state index in [0.29, 0.717) is 44.8 Å². The first-order valence-electron chi connectivity index (χ1n) is 10.4. The van der Waals surface area contributed by atoms with E-state index in [4.69, 9.17) is 4.74 Å². The van der Waals surface area contributed by atoms with E-state index in [1.165, 1.54) is 0 Å². The van der Waals surface area contributed by atoms with Gasteiger partial charge in [0, 0.05) is 44.8 Å². The predicted molar refractivity (Wildman–Crippen MR) is 109 cm³/mol. The lowest BCUT2D eigenvalue weighted by molar-refractivity contribution is -0.138. The molecule has 7 heteroatoms. The van der Waals surface area contributed by atoms with E-state index < -0.39 is 5.60 Å². The van der Waals surface area contributed by atoms with Gasteiger partial charge in [0.15, 0.2) is 0 Å². The molecule has 3 amide bonds. The van der Waals surface area contributed by atoms with E-state index in [9.17, 15) is 14.4 Å². The molecule has 0 aromatic heterocycles. The van der Waals surface area contributed by atoms with Crippen molar-refractivity contribution in [2.45, 2.75) is 39.2 Å². The smallest absolute Gasteiger partial charge is 0.410 e. The predicted octanol–water partition coefficient (Wildman–Crippen LogP) is 2.62. The van der Waals surface area contributed by atoms with Gasteiger partial charge in [-0.25, -0.2) is 4.79 Å². The molecule has 1 aromatic rings. The van der Waals surface area contributed by atoms with Gasteiger partial charge < -0.3 is 19.4 Å². The van der Waals surface area contributed by atoms with E-state index in [1.54, 1.807) is 9.80 Å². The summed E-state index contributed by atoms with van der Waals surface area (Å²) in [5.74, 6) is -0.121. The molecule has 0 bridgehead atoms. The molecule has 0 aliphatic carbocycles. The first-order valence-corrected chi connectivity index (χ1v) is 10.4. The SMILES string of the molecule is CC(C)(C)OC(=O)N1CCC[C@@H](C(=O)N2CCN(C(=O)c3ccccc3)CC2)C1. The Labute approximate surface area is 172 Å². The summed E-state index contributed by atoms with van der Waals surface area (Å²) in [5, 5.41) is 0. The van der Waals surface area contributed by atoms with Crippen LogP contribution in [-0.4, -0.2) is 77.5 Å². The lowest BCUT2D eigenvalue weighted by Crippen LogP contribution is -2.54. The van der Waals surface area contributed by atoms with Gasteiger partial charge in [-0.05, 0) is 45.7 Å². The molecular formula is C22H31N3O4. The normalized spacial score (nSPS) is 20.4. The van der Waals surface area contributed by atoms with Crippen molar-refractivity contribution in [3.8, 4) is 0 Å². The van der Waals surface area contributed by atoms with Gasteiger partial charge in [-0.15, -0.1) is 0 Å². The Morgan fingerprint density at radius 1 is 0.897 bits per heavy atom. The van der Waals surface area contributed by atoms with Gasteiger partial charge in [0.1, 0.15) is 5.60 Å². The highest BCUT2D eigenvalue weighted by molar-refractivity contribution is 5.94. The van der Waals surface area contributed by atoms with Gasteiger partial charge in [0.2, 0.25) is 5.91 Å². The minimum atomic E-state index is -0.546. The number of piperazine rings is 1. The third kappa shape index (κ3) is 5.49. The number of rotatable bonds is 2. The Morgan fingerprint density at radius 3 is 2.14 bits per heavy atom. The number of amides is 3. The van der Waals surface area contributed by atoms with E-state index >= 15 is 0 Å². The highest BCUT2D eigenvalue weighted by Gasteiger charge is 2.34. The van der Waals surface area contributed by atoms with Crippen molar-refractivity contribution >= 4 is 17.9 Å². The number of hydrogen-bond donors (Lipinski definition) is 0. The Kier molecular flexibility index (Phi) is 6.45. The van der Waals surface area contributed by atoms with Crippen LogP contribution in [0.2, 0.25) is 0 Å². The second kappa shape index (κ2) is 8.84. The number of carbonyl (C=O) groups excluding carboxylic acids is 3. The van der Waals surface area contributed by atoms with Crippen molar-refractivity contribution in [1.29, 1.82) is 0 Å². The maximum absolute atomic E-state index is 13.0. The van der Waals surface area contributed by atoms with Gasteiger partial charge in [-0.2, -0.15) is 0 Å². The summed E-state index contributed by atoms with van der Waals surface area (Å²) in [6.07, 6.45) is 1.22. The lowest BCUT2D eigenvalue weighted by atomic mass is 9.96. The summed E-state index contributed by atoms with van der Waals surface area (Å²) >= 11 is 0. The molecular weight excluding hydrogens is 370 g/mol. The molecule has 2 fully saturated rings. The van der Waals surface area contributed by atoms with Crippen LogP contribution in [0.1, 0.15) is 44.0 Å². The lowest BCUT2D eigenvalue weighted by Gasteiger charge is -2.39. The molecule has 0 radical (unpaired) electrons. The molecule has 2 saturated heterocycles. The van der Waals surface area contributed by atoms with Crippen LogP contribution in [0, 0.1) is 5.92 Å². The number of ether oxygens (including phenoxy) is 1. The maximum atomic E-state index is 13.0. The van der Waals surface area contributed by atoms with Crippen LogP contribution >= 0.6 is 0 Å². The minimum Gasteiger partial charge on any atom is -0.444 e. The number of nitrogens with zero attached hydrogens (tertiary/aromatic N) is 3. The summed E-state index contributed by atoms with van der Waals surface area (Å²) in [4.78, 5) is 43.2. The molecule has 1 aromatic carbocycles. The van der Waals surface area contributed by atoms with Crippen LogP contribution in [0.4, 0.5) is 4.79 Å². The van der Waals surface area contributed by atoms with Crippen LogP contribution in [0.5, 0.6) is 0 Å². The van der Waals surface area contributed by atoms with Gasteiger partial charge in [0.25, 0.3) is 5.91 Å². The third-order valence-electron chi connectivity index (χ3n) is 5.32. The molecule has 1 atom stereocenters. The highest BCUT2D eigenvalue weighted by atomic mass is 16.6. The average molecular weight is 402 g/mol. The molecule has 158 valence electrons. The molecule has 2 aliphatic heterocycles. The number of carbonyl (C=O) groups is 3. The number of hydrogen-bond acceptors (Lipinski definition) is 4. The van der Waals surface area contributed by atoms with Gasteiger partial charge in [-0.3, -0.25) is 9.59 Å². The maximum Gasteiger partial charge on any atom is 0.410 e. The largest absolute Gasteiger partial charge is 0.444 e. The fourth-order valence-electron chi connectivity index (χ4n) is 3.82. The first-order chi connectivity index (χ1) is 13.7. The van der Waals surface area contributed by atoms with Crippen LogP contribution in [-0.2, 0) is 9.53 Å². The zero-order valence-corrected chi connectivity index (χ0v) is 17.6. The summed E-state index contributed by atoms with van der Waals surface area (Å²) in [6.45, 7) is 8.66. The van der Waals surface area contributed by atoms with Crippen molar-refractivity contribution in [2.24, 2.45) is 5.92 Å². The summed E-state index contributed by atoms with van der Waals surface area (Å²) in [7, 11) is 0. The van der Waals surface area contributed by atoms with E-state index in [1.807, 2.05) is 56.0 Å². The van der Waals surface area contributed by atoms with Crippen LogP contribution < -0.4 is 0 Å². The third-order valence-corrected chi connectivity index (χ3v) is 5.32. The topological polar surface area (TPSA) is 70.2 Å².